The molecule has 4 aromatic heterocycles. The van der Waals surface area contributed by atoms with Crippen LogP contribution in [0.5, 0.6) is 0 Å². The summed E-state index contributed by atoms with van der Waals surface area (Å²) in [6.07, 6.45) is 4.46. The van der Waals surface area contributed by atoms with Gasteiger partial charge in [-0.05, 0) is 58.5 Å². The fourth-order valence-electron chi connectivity index (χ4n) is 3.24. The van der Waals surface area contributed by atoms with Gasteiger partial charge in [-0.3, -0.25) is 0 Å². The Kier molecular flexibility index (Phi) is 4.46. The number of halogens is 1. The predicted octanol–water partition coefficient (Wildman–Crippen LogP) is 4.76. The highest BCUT2D eigenvalue weighted by Gasteiger charge is 2.22. The minimum Gasteiger partial charge on any atom is -0.384 e. The van der Waals surface area contributed by atoms with Crippen molar-refractivity contribution < 1.29 is 5.11 Å². The number of hydrogen-bond acceptors (Lipinski definition) is 5. The van der Waals surface area contributed by atoms with Crippen molar-refractivity contribution in [2.45, 2.75) is 6.10 Å². The van der Waals surface area contributed by atoms with Gasteiger partial charge in [0.1, 0.15) is 18.1 Å². The normalized spacial score (nSPS) is 12.5. The Labute approximate surface area is 177 Å². The molecule has 0 saturated heterocycles. The summed E-state index contributed by atoms with van der Waals surface area (Å²) in [6.45, 7) is 0. The summed E-state index contributed by atoms with van der Waals surface area (Å²) in [6, 6.07) is 13.9. The van der Waals surface area contributed by atoms with E-state index in [0.717, 1.165) is 41.0 Å². The summed E-state index contributed by atoms with van der Waals surface area (Å²) in [5.41, 5.74) is 3.55. The number of aliphatic hydroxyl groups is 1. The van der Waals surface area contributed by atoms with Gasteiger partial charge < -0.3 is 15.1 Å². The molecule has 138 valence electrons. The number of nitrogens with one attached hydrogen (secondary N) is 2. The minimum atomic E-state index is -0.759. The van der Waals surface area contributed by atoms with Gasteiger partial charge in [-0.2, -0.15) is 0 Å². The highest BCUT2D eigenvalue weighted by molar-refractivity contribution is 14.1. The molecular weight excluding hydrogens is 485 g/mol. The maximum absolute atomic E-state index is 11.1. The first kappa shape index (κ1) is 17.5. The zero-order valence-corrected chi connectivity index (χ0v) is 17.4. The Hall–Kier alpha value is -2.56. The summed E-state index contributed by atoms with van der Waals surface area (Å²) in [5.74, 6) is 0.648. The Morgan fingerprint density at radius 2 is 1.93 bits per heavy atom. The third-order valence-electron chi connectivity index (χ3n) is 4.60. The van der Waals surface area contributed by atoms with Gasteiger partial charge in [0.15, 0.2) is 5.82 Å². The van der Waals surface area contributed by atoms with Gasteiger partial charge in [0.05, 0.1) is 4.88 Å². The molecule has 4 heterocycles. The number of fused-ring (bicyclic) bond motifs is 1. The first-order valence-corrected chi connectivity index (χ1v) is 10.5. The van der Waals surface area contributed by atoms with Gasteiger partial charge in [0.2, 0.25) is 0 Å². The number of hydrogen-bond donors (Lipinski definition) is 3. The lowest BCUT2D eigenvalue weighted by atomic mass is 10.0. The van der Waals surface area contributed by atoms with Crippen LogP contribution in [-0.2, 0) is 0 Å². The molecule has 0 bridgehead atoms. The molecule has 1 unspecified atom stereocenters. The molecule has 0 spiro atoms. The number of H-pyrrole nitrogens is 2. The van der Waals surface area contributed by atoms with Gasteiger partial charge >= 0.3 is 0 Å². The molecule has 3 N–H and O–H groups in total. The molecule has 1 aromatic carbocycles. The number of benzene rings is 1. The van der Waals surface area contributed by atoms with Gasteiger partial charge in [-0.15, -0.1) is 21.5 Å². The number of nitrogens with zero attached hydrogens (tertiary/aromatic N) is 3. The second-order valence-electron chi connectivity index (χ2n) is 6.29. The molecule has 5 aromatic rings. The van der Waals surface area contributed by atoms with E-state index in [1.165, 1.54) is 0 Å². The number of pyridine rings is 1. The van der Waals surface area contributed by atoms with E-state index < -0.39 is 6.10 Å². The van der Waals surface area contributed by atoms with Gasteiger partial charge in [-0.25, -0.2) is 4.98 Å². The molecule has 0 fully saturated rings. The van der Waals surface area contributed by atoms with Crippen molar-refractivity contribution in [3.05, 3.63) is 75.9 Å². The minimum absolute atomic E-state index is 0.648. The third-order valence-corrected chi connectivity index (χ3v) is 6.51. The van der Waals surface area contributed by atoms with Crippen LogP contribution in [0.2, 0.25) is 0 Å². The highest BCUT2D eigenvalue weighted by Crippen LogP contribution is 2.42. The van der Waals surface area contributed by atoms with E-state index in [-0.39, 0.29) is 0 Å². The van der Waals surface area contributed by atoms with E-state index >= 15 is 0 Å². The molecule has 6 nitrogen and oxygen atoms in total. The Bertz CT molecular complexity index is 1240. The molecule has 0 aliphatic rings. The lowest BCUT2D eigenvalue weighted by Crippen LogP contribution is -2.00. The predicted molar refractivity (Wildman–Crippen MR) is 118 cm³/mol. The topological polar surface area (TPSA) is 90.5 Å². The Morgan fingerprint density at radius 3 is 2.71 bits per heavy atom. The highest BCUT2D eigenvalue weighted by atomic mass is 127. The van der Waals surface area contributed by atoms with Crippen molar-refractivity contribution in [1.82, 2.24) is 25.1 Å². The summed E-state index contributed by atoms with van der Waals surface area (Å²) >= 11 is 3.84. The van der Waals surface area contributed by atoms with Crippen LogP contribution in [0.4, 0.5) is 0 Å². The number of rotatable bonds is 4. The zero-order chi connectivity index (χ0) is 19.1. The molecule has 5 rings (SSSR count). The van der Waals surface area contributed by atoms with E-state index in [9.17, 15) is 5.11 Å². The smallest absolute Gasteiger partial charge is 0.171 e. The van der Waals surface area contributed by atoms with Crippen LogP contribution in [0.1, 0.15) is 17.2 Å². The molecule has 1 atom stereocenters. The van der Waals surface area contributed by atoms with Crippen molar-refractivity contribution in [2.24, 2.45) is 0 Å². The molecule has 28 heavy (non-hydrogen) atoms. The third kappa shape index (κ3) is 3.03. The van der Waals surface area contributed by atoms with Crippen LogP contribution in [0.15, 0.2) is 61.2 Å². The van der Waals surface area contributed by atoms with Crippen molar-refractivity contribution in [1.29, 1.82) is 0 Å². The summed E-state index contributed by atoms with van der Waals surface area (Å²) in [4.78, 5) is 12.5. The summed E-state index contributed by atoms with van der Waals surface area (Å²) in [7, 11) is 0. The first-order chi connectivity index (χ1) is 13.7. The van der Waals surface area contributed by atoms with E-state index in [1.807, 2.05) is 48.7 Å². The SMILES string of the molecule is OC(c1ccc(I)cc1)c1cc(-c2ccnc3[nH]ccc23)sc1-c1nnc[nH]1. The summed E-state index contributed by atoms with van der Waals surface area (Å²) < 4.78 is 1.13. The monoisotopic (exact) mass is 499 g/mol. The standard InChI is InChI=1S/C20H14IN5OS/c21-12-3-1-11(2-4-12)17(27)15-9-16(28-18(15)20-24-10-25-26-20)13-5-7-22-19-14(13)6-8-23-19/h1-10,17,27H,(H,22,23)(H,24,25,26). The van der Waals surface area contributed by atoms with Crippen LogP contribution in [0, 0.1) is 3.57 Å². The maximum atomic E-state index is 11.1. The molecule has 0 radical (unpaired) electrons. The number of aliphatic hydroxyl groups excluding tert-OH is 1. The Balaban J connectivity index is 1.68. The van der Waals surface area contributed by atoms with Crippen molar-refractivity contribution in [3.8, 4) is 21.1 Å². The quantitative estimate of drug-likeness (QED) is 0.311. The maximum Gasteiger partial charge on any atom is 0.171 e. The van der Waals surface area contributed by atoms with E-state index in [2.05, 4.69) is 47.7 Å². The molecule has 0 saturated carbocycles. The van der Waals surface area contributed by atoms with Crippen LogP contribution in [0.3, 0.4) is 0 Å². The molecule has 0 aliphatic carbocycles. The van der Waals surface area contributed by atoms with Gasteiger partial charge in [0.25, 0.3) is 0 Å². The van der Waals surface area contributed by atoms with Crippen LogP contribution in [-0.4, -0.2) is 30.3 Å². The lowest BCUT2D eigenvalue weighted by Gasteiger charge is -2.11. The van der Waals surface area contributed by atoms with Crippen LogP contribution in [0.25, 0.3) is 32.2 Å². The number of aromatic amines is 2. The second-order valence-corrected chi connectivity index (χ2v) is 8.58. The van der Waals surface area contributed by atoms with Crippen molar-refractivity contribution in [3.63, 3.8) is 0 Å². The second kappa shape index (κ2) is 7.12. The average molecular weight is 499 g/mol. The molecular formula is C20H14IN5OS. The average Bonchev–Trinajstić information content (AvgIpc) is 3.47. The van der Waals surface area contributed by atoms with E-state index in [4.69, 9.17) is 0 Å². The van der Waals surface area contributed by atoms with E-state index in [1.54, 1.807) is 23.9 Å². The van der Waals surface area contributed by atoms with Gasteiger partial charge in [0, 0.05) is 37.4 Å². The first-order valence-electron chi connectivity index (χ1n) is 8.57. The molecule has 0 aliphatic heterocycles. The van der Waals surface area contributed by atoms with E-state index in [0.29, 0.717) is 5.82 Å². The number of aromatic nitrogens is 5. The Morgan fingerprint density at radius 1 is 1.07 bits per heavy atom. The van der Waals surface area contributed by atoms with Crippen molar-refractivity contribution >= 4 is 45.0 Å². The molecule has 8 heteroatoms. The lowest BCUT2D eigenvalue weighted by molar-refractivity contribution is 0.221. The number of thiophene rings is 1. The zero-order valence-electron chi connectivity index (χ0n) is 14.4. The largest absolute Gasteiger partial charge is 0.384 e. The summed E-state index contributed by atoms with van der Waals surface area (Å²) in [5, 5.41) is 20.2. The van der Waals surface area contributed by atoms with Crippen LogP contribution < -0.4 is 0 Å². The van der Waals surface area contributed by atoms with Crippen molar-refractivity contribution in [2.75, 3.05) is 0 Å². The van der Waals surface area contributed by atoms with Gasteiger partial charge in [-0.1, -0.05) is 12.1 Å². The fraction of sp³-hybridized carbons (Fsp3) is 0.0500. The van der Waals surface area contributed by atoms with Crippen LogP contribution >= 0.6 is 33.9 Å². The fourth-order valence-corrected chi connectivity index (χ4v) is 4.78. The molecule has 0 amide bonds.